The molecule has 0 saturated carbocycles. The molecule has 1 unspecified atom stereocenters. The first-order valence-corrected chi connectivity index (χ1v) is 11.0. The van der Waals surface area contributed by atoms with Crippen LogP contribution in [-0.4, -0.2) is 39.3 Å². The Balaban J connectivity index is 1.75. The molecule has 1 aromatic heterocycles. The van der Waals surface area contributed by atoms with E-state index in [4.69, 9.17) is 9.47 Å². The smallest absolute Gasteiger partial charge is 0.255 e. The fraction of sp³-hybridized carbons (Fsp3) is 0.333. The van der Waals surface area contributed by atoms with E-state index in [0.29, 0.717) is 41.9 Å². The van der Waals surface area contributed by atoms with Crippen LogP contribution in [-0.2, 0) is 4.79 Å². The molecule has 0 fully saturated rings. The number of rotatable bonds is 8. The molecule has 1 aliphatic rings. The zero-order chi connectivity index (χ0) is 23.4. The van der Waals surface area contributed by atoms with Gasteiger partial charge in [-0.25, -0.2) is 0 Å². The Morgan fingerprint density at radius 2 is 1.97 bits per heavy atom. The maximum absolute atomic E-state index is 13.5. The van der Waals surface area contributed by atoms with Crippen molar-refractivity contribution >= 4 is 17.5 Å². The normalized spacial score (nSPS) is 15.0. The quantitative estimate of drug-likeness (QED) is 0.535. The molecule has 1 aliphatic heterocycles. The highest BCUT2D eigenvalue weighted by Crippen LogP contribution is 2.38. The fourth-order valence-corrected chi connectivity index (χ4v) is 3.83. The van der Waals surface area contributed by atoms with Crippen molar-refractivity contribution in [2.75, 3.05) is 23.8 Å². The summed E-state index contributed by atoms with van der Waals surface area (Å²) in [5, 5.41) is 18.2. The highest BCUT2D eigenvalue weighted by molar-refractivity contribution is 6.06. The van der Waals surface area contributed by atoms with Gasteiger partial charge < -0.3 is 20.1 Å². The van der Waals surface area contributed by atoms with Crippen molar-refractivity contribution in [2.45, 2.75) is 40.2 Å². The number of allylic oxidation sites excluding steroid dienone is 1. The highest BCUT2D eigenvalue weighted by Gasteiger charge is 2.34. The van der Waals surface area contributed by atoms with Crippen molar-refractivity contribution in [1.29, 1.82) is 0 Å². The lowest BCUT2D eigenvalue weighted by Gasteiger charge is -2.28. The molecular formula is C24H28N6O3. The van der Waals surface area contributed by atoms with E-state index >= 15 is 0 Å². The van der Waals surface area contributed by atoms with Crippen LogP contribution in [0, 0.1) is 6.92 Å². The molecule has 9 heteroatoms. The first-order valence-electron chi connectivity index (χ1n) is 11.0. The van der Waals surface area contributed by atoms with E-state index in [1.165, 1.54) is 0 Å². The summed E-state index contributed by atoms with van der Waals surface area (Å²) in [6, 6.07) is 12.8. The van der Waals surface area contributed by atoms with E-state index in [1.807, 2.05) is 63.2 Å². The summed E-state index contributed by atoms with van der Waals surface area (Å²) in [7, 11) is 0. The SMILES string of the molecule is CCCOc1ccc(C2C(C(=O)Nc3cccc(C)c3)=C(C)Nc3nnnn32)cc1OCC. The third-order valence-corrected chi connectivity index (χ3v) is 5.28. The van der Waals surface area contributed by atoms with Crippen molar-refractivity contribution in [2.24, 2.45) is 0 Å². The van der Waals surface area contributed by atoms with E-state index < -0.39 is 6.04 Å². The summed E-state index contributed by atoms with van der Waals surface area (Å²) >= 11 is 0. The van der Waals surface area contributed by atoms with Gasteiger partial charge in [-0.1, -0.05) is 30.2 Å². The molecule has 2 N–H and O–H groups in total. The van der Waals surface area contributed by atoms with Gasteiger partial charge in [-0.15, -0.1) is 0 Å². The van der Waals surface area contributed by atoms with E-state index in [0.717, 1.165) is 23.2 Å². The second-order valence-electron chi connectivity index (χ2n) is 7.82. The fourth-order valence-electron chi connectivity index (χ4n) is 3.83. The second-order valence-corrected chi connectivity index (χ2v) is 7.82. The Morgan fingerprint density at radius 3 is 2.73 bits per heavy atom. The van der Waals surface area contributed by atoms with E-state index in [2.05, 4.69) is 33.1 Å². The minimum Gasteiger partial charge on any atom is -0.490 e. The predicted molar refractivity (Wildman–Crippen MR) is 125 cm³/mol. The molecule has 9 nitrogen and oxygen atoms in total. The first-order chi connectivity index (χ1) is 16.0. The minimum absolute atomic E-state index is 0.235. The van der Waals surface area contributed by atoms with Gasteiger partial charge in [-0.05, 0) is 73.0 Å². The number of ether oxygens (including phenoxy) is 2. The van der Waals surface area contributed by atoms with Crippen LogP contribution in [0.25, 0.3) is 0 Å². The number of benzene rings is 2. The number of aryl methyl sites for hydroxylation is 1. The van der Waals surface area contributed by atoms with Gasteiger partial charge in [0.15, 0.2) is 11.5 Å². The van der Waals surface area contributed by atoms with Crippen LogP contribution < -0.4 is 20.1 Å². The highest BCUT2D eigenvalue weighted by atomic mass is 16.5. The lowest BCUT2D eigenvalue weighted by Crippen LogP contribution is -2.31. The zero-order valence-electron chi connectivity index (χ0n) is 19.3. The van der Waals surface area contributed by atoms with Gasteiger partial charge in [-0.2, -0.15) is 4.68 Å². The first kappa shape index (κ1) is 22.3. The van der Waals surface area contributed by atoms with Crippen molar-refractivity contribution in [3.8, 4) is 11.5 Å². The van der Waals surface area contributed by atoms with Gasteiger partial charge in [-0.3, -0.25) is 4.79 Å². The maximum atomic E-state index is 13.5. The van der Waals surface area contributed by atoms with Crippen LogP contribution in [0.15, 0.2) is 53.7 Å². The molecule has 3 aromatic rings. The Morgan fingerprint density at radius 1 is 1.12 bits per heavy atom. The Bertz CT molecular complexity index is 1190. The number of nitrogens with one attached hydrogen (secondary N) is 2. The molecule has 0 radical (unpaired) electrons. The molecule has 2 aromatic carbocycles. The average Bonchev–Trinajstić information content (AvgIpc) is 3.25. The molecule has 4 rings (SSSR count). The molecule has 0 spiro atoms. The second kappa shape index (κ2) is 9.72. The van der Waals surface area contributed by atoms with Gasteiger partial charge >= 0.3 is 0 Å². The molecular weight excluding hydrogens is 420 g/mol. The summed E-state index contributed by atoms with van der Waals surface area (Å²) < 4.78 is 13.3. The predicted octanol–water partition coefficient (Wildman–Crippen LogP) is 4.10. The molecule has 172 valence electrons. The van der Waals surface area contributed by atoms with Crippen molar-refractivity contribution < 1.29 is 14.3 Å². The van der Waals surface area contributed by atoms with Gasteiger partial charge in [0.25, 0.3) is 5.91 Å². The third kappa shape index (κ3) is 4.67. The summed E-state index contributed by atoms with van der Waals surface area (Å²) in [5.74, 6) is 1.52. The average molecular weight is 449 g/mol. The maximum Gasteiger partial charge on any atom is 0.255 e. The summed E-state index contributed by atoms with van der Waals surface area (Å²) in [5.41, 5.74) is 3.78. The number of carbonyl (C=O) groups excluding carboxylic acids is 1. The Kier molecular flexibility index (Phi) is 6.58. The van der Waals surface area contributed by atoms with E-state index in [1.54, 1.807) is 4.68 Å². The van der Waals surface area contributed by atoms with Crippen LogP contribution in [0.3, 0.4) is 0 Å². The number of aromatic nitrogens is 4. The Labute approximate surface area is 192 Å². The molecule has 1 amide bonds. The number of amides is 1. The number of carbonyl (C=O) groups is 1. The standard InChI is InChI=1S/C24H28N6O3/c1-5-12-33-19-11-10-17(14-20(19)32-6-2)22-21(16(4)25-24-27-28-29-30(22)24)23(31)26-18-9-7-8-15(3)13-18/h7-11,13-14,22H,5-6,12H2,1-4H3,(H,26,31)(H,25,27,29). The van der Waals surface area contributed by atoms with Crippen LogP contribution in [0.5, 0.6) is 11.5 Å². The van der Waals surface area contributed by atoms with Gasteiger partial charge in [0, 0.05) is 11.4 Å². The van der Waals surface area contributed by atoms with Gasteiger partial charge in [0.05, 0.1) is 18.8 Å². The minimum atomic E-state index is -0.541. The summed E-state index contributed by atoms with van der Waals surface area (Å²) in [4.78, 5) is 13.5. The molecule has 0 aliphatic carbocycles. The van der Waals surface area contributed by atoms with Crippen molar-refractivity contribution in [3.63, 3.8) is 0 Å². The number of hydrogen-bond acceptors (Lipinski definition) is 7. The number of hydrogen-bond donors (Lipinski definition) is 2. The van der Waals surface area contributed by atoms with Gasteiger partial charge in [0.2, 0.25) is 5.95 Å². The molecule has 0 bridgehead atoms. The molecule has 0 saturated heterocycles. The van der Waals surface area contributed by atoms with Crippen molar-refractivity contribution in [1.82, 2.24) is 20.2 Å². The van der Waals surface area contributed by atoms with Crippen LogP contribution in [0.2, 0.25) is 0 Å². The molecule has 33 heavy (non-hydrogen) atoms. The number of tetrazole rings is 1. The lowest BCUT2D eigenvalue weighted by atomic mass is 9.94. The summed E-state index contributed by atoms with van der Waals surface area (Å²) in [6.07, 6.45) is 0.890. The van der Waals surface area contributed by atoms with E-state index in [-0.39, 0.29) is 5.91 Å². The molecule has 1 atom stereocenters. The topological polar surface area (TPSA) is 103 Å². The van der Waals surface area contributed by atoms with E-state index in [9.17, 15) is 4.79 Å². The monoisotopic (exact) mass is 448 g/mol. The van der Waals surface area contributed by atoms with Crippen LogP contribution in [0.1, 0.15) is 44.4 Å². The lowest BCUT2D eigenvalue weighted by molar-refractivity contribution is -0.113. The Hall–Kier alpha value is -3.88. The number of fused-ring (bicyclic) bond motifs is 1. The van der Waals surface area contributed by atoms with Crippen LogP contribution in [0.4, 0.5) is 11.6 Å². The largest absolute Gasteiger partial charge is 0.490 e. The molecule has 2 heterocycles. The number of nitrogens with zero attached hydrogens (tertiary/aromatic N) is 4. The zero-order valence-corrected chi connectivity index (χ0v) is 19.3. The van der Waals surface area contributed by atoms with Gasteiger partial charge in [0.1, 0.15) is 6.04 Å². The van der Waals surface area contributed by atoms with Crippen molar-refractivity contribution in [3.05, 3.63) is 64.9 Å². The number of anilines is 2. The third-order valence-electron chi connectivity index (χ3n) is 5.28. The summed E-state index contributed by atoms with van der Waals surface area (Å²) in [6.45, 7) is 8.88. The van der Waals surface area contributed by atoms with Crippen LogP contribution >= 0.6 is 0 Å².